The number of amides is 2. The van der Waals surface area contributed by atoms with Gasteiger partial charge in [0.15, 0.2) is 25.5 Å². The van der Waals surface area contributed by atoms with Crippen LogP contribution in [0.2, 0.25) is 0 Å². The van der Waals surface area contributed by atoms with Gasteiger partial charge in [0.2, 0.25) is 5.43 Å². The zero-order valence-electron chi connectivity index (χ0n) is 23.2. The Labute approximate surface area is 233 Å². The van der Waals surface area contributed by atoms with E-state index in [4.69, 9.17) is 13.8 Å². The number of halogens is 1. The summed E-state index contributed by atoms with van der Waals surface area (Å²) in [5.74, 6) is -2.66. The Morgan fingerprint density at radius 1 is 1.25 bits per heavy atom. The minimum Gasteiger partial charge on any atom is -0.502 e. The number of nitrogens with one attached hydrogen (secondary N) is 1. The molecular weight excluding hydrogens is 542 g/mol. The molecule has 0 saturated carbocycles. The summed E-state index contributed by atoms with van der Waals surface area (Å²) in [6.07, 6.45) is 2.99. The van der Waals surface area contributed by atoms with E-state index in [1.807, 2.05) is 18.9 Å². The van der Waals surface area contributed by atoms with Crippen molar-refractivity contribution < 1.29 is 32.9 Å². The van der Waals surface area contributed by atoms with E-state index in [0.717, 1.165) is 5.56 Å². The lowest BCUT2D eigenvalue weighted by molar-refractivity contribution is 0.0301. The highest BCUT2D eigenvalue weighted by Crippen LogP contribution is 2.40. The summed E-state index contributed by atoms with van der Waals surface area (Å²) in [4.78, 5) is 41.2. The summed E-state index contributed by atoms with van der Waals surface area (Å²) in [5.41, 5.74) is -1.48. The molecule has 1 spiro atoms. The van der Waals surface area contributed by atoms with E-state index >= 15 is 0 Å². The predicted molar refractivity (Wildman–Crippen MR) is 148 cm³/mol. The van der Waals surface area contributed by atoms with Gasteiger partial charge in [-0.2, -0.15) is 0 Å². The Kier molecular flexibility index (Phi) is 9.45. The van der Waals surface area contributed by atoms with Crippen LogP contribution in [0.4, 0.5) is 4.39 Å². The molecule has 2 N–H and O–H groups in total. The first-order valence-electron chi connectivity index (χ1n) is 13.3. The van der Waals surface area contributed by atoms with Crippen LogP contribution in [0.5, 0.6) is 5.75 Å². The van der Waals surface area contributed by atoms with Crippen molar-refractivity contribution in [1.82, 2.24) is 14.9 Å². The van der Waals surface area contributed by atoms with Gasteiger partial charge < -0.3 is 29.1 Å². The number of hydrogen-bond donors (Lipinski definition) is 2. The van der Waals surface area contributed by atoms with Gasteiger partial charge in [-0.25, -0.2) is 4.39 Å². The zero-order valence-corrected chi connectivity index (χ0v) is 24.1. The number of hydrogen-bond acceptors (Lipinski definition) is 8. The maximum atomic E-state index is 14.3. The highest BCUT2D eigenvalue weighted by Gasteiger charge is 2.52. The summed E-state index contributed by atoms with van der Waals surface area (Å²) >= 11 is 0. The van der Waals surface area contributed by atoms with Gasteiger partial charge in [-0.3, -0.25) is 24.1 Å². The second-order valence-electron chi connectivity index (χ2n) is 9.71. The summed E-state index contributed by atoms with van der Waals surface area (Å²) in [6, 6.07) is 4.63. The molecule has 0 aliphatic carbocycles. The number of rotatable bonds is 11. The van der Waals surface area contributed by atoms with Crippen molar-refractivity contribution in [3.8, 4) is 5.75 Å². The summed E-state index contributed by atoms with van der Waals surface area (Å²) < 4.78 is 32.9. The molecule has 40 heavy (non-hydrogen) atoms. The molecule has 0 radical (unpaired) electrons. The minimum absolute atomic E-state index is 0.158. The first-order chi connectivity index (χ1) is 19.1. The lowest BCUT2D eigenvalue weighted by Gasteiger charge is -2.52. The van der Waals surface area contributed by atoms with E-state index < -0.39 is 42.8 Å². The van der Waals surface area contributed by atoms with Crippen LogP contribution < -0.4 is 15.8 Å². The Hall–Kier alpha value is -3.05. The van der Waals surface area contributed by atoms with Crippen LogP contribution in [0, 0.1) is 12.7 Å². The van der Waals surface area contributed by atoms with Gasteiger partial charge in [0.1, 0.15) is 11.4 Å². The van der Waals surface area contributed by atoms with E-state index in [2.05, 4.69) is 5.32 Å². The normalized spacial score (nSPS) is 18.6. The molecule has 2 amide bonds. The number of fused-ring (bicyclic) bond motifs is 1. The smallest absolute Gasteiger partial charge is 0.278 e. The fraction of sp³-hybridized carbons (Fsp3) is 0.519. The lowest BCUT2D eigenvalue weighted by Crippen LogP contribution is -2.70. The standard InChI is InChI=1S/C27H36FN4O7P/c1-5-38-40(39-6-2)13-7-11-32-27(10-12-37-17-27)30(4)26(36)22-24(34)23(33)20(16-31(22)32)25(35)29-15-19-9-8-18(3)14-21(19)28/h8-9,14,16,34H,5-7,10-13,15,17H2,1-4H3,(H,29,35). The fourth-order valence-electron chi connectivity index (χ4n) is 5.06. The molecular formula is C27H36FN4O7P. The van der Waals surface area contributed by atoms with E-state index in [1.165, 1.54) is 21.8 Å². The Bertz CT molecular complexity index is 1310. The van der Waals surface area contributed by atoms with Gasteiger partial charge in [0.25, 0.3) is 11.8 Å². The Morgan fingerprint density at radius 2 is 1.98 bits per heavy atom. The number of aromatic hydroxyl groups is 1. The third-order valence-corrected chi connectivity index (χ3v) is 8.94. The number of aryl methyl sites for hydroxylation is 1. The van der Waals surface area contributed by atoms with E-state index in [9.17, 15) is 23.9 Å². The topological polar surface area (TPSA) is 123 Å². The molecule has 11 nitrogen and oxygen atoms in total. The molecule has 2 aromatic rings. The first kappa shape index (κ1) is 29.9. The van der Waals surface area contributed by atoms with Crippen molar-refractivity contribution >= 4 is 20.2 Å². The van der Waals surface area contributed by atoms with Crippen LogP contribution in [-0.4, -0.2) is 78.3 Å². The van der Waals surface area contributed by atoms with Crippen LogP contribution in [0.1, 0.15) is 58.7 Å². The van der Waals surface area contributed by atoms with Crippen molar-refractivity contribution in [1.29, 1.82) is 0 Å². The highest BCUT2D eigenvalue weighted by atomic mass is 31.2. The minimum atomic E-state index is -1.10. The van der Waals surface area contributed by atoms with Crippen molar-refractivity contribution in [3.63, 3.8) is 0 Å². The third kappa shape index (κ3) is 5.72. The van der Waals surface area contributed by atoms with Gasteiger partial charge in [0, 0.05) is 44.5 Å². The van der Waals surface area contributed by atoms with Gasteiger partial charge >= 0.3 is 0 Å². The average Bonchev–Trinajstić information content (AvgIpc) is 3.41. The SMILES string of the molecule is CCOP(CCCN1n2cc(C(=O)NCc3ccc(C)cc3F)c(=O)c(O)c2C(=O)N(C)C12CCOC2)OCC. The maximum Gasteiger partial charge on any atom is 0.278 e. The molecule has 1 atom stereocenters. The van der Waals surface area contributed by atoms with Crippen LogP contribution >= 0.6 is 8.38 Å². The zero-order chi connectivity index (χ0) is 29.0. The number of carbonyl (C=O) groups excluding carboxylic acids is 2. The quantitative estimate of drug-likeness (QED) is 0.391. The number of ether oxygens (including phenoxy) is 1. The number of nitrogens with zero attached hydrogens (tertiary/aromatic N) is 3. The summed E-state index contributed by atoms with van der Waals surface area (Å²) in [7, 11) is 0.512. The number of pyridine rings is 1. The molecule has 1 aromatic carbocycles. The largest absolute Gasteiger partial charge is 0.502 e. The predicted octanol–water partition coefficient (Wildman–Crippen LogP) is 2.85. The Morgan fingerprint density at radius 3 is 2.60 bits per heavy atom. The third-order valence-electron chi connectivity index (χ3n) is 7.17. The van der Waals surface area contributed by atoms with Gasteiger partial charge in [0.05, 0.1) is 26.4 Å². The van der Waals surface area contributed by atoms with Crippen LogP contribution in [0.15, 0.2) is 29.2 Å². The highest BCUT2D eigenvalue weighted by molar-refractivity contribution is 7.47. The molecule has 1 saturated heterocycles. The first-order valence-corrected chi connectivity index (χ1v) is 14.7. The molecule has 2 aliphatic rings. The number of benzene rings is 1. The van der Waals surface area contributed by atoms with Crippen LogP contribution in [0.25, 0.3) is 0 Å². The molecule has 13 heteroatoms. The Balaban J connectivity index is 1.68. The molecule has 3 heterocycles. The van der Waals surface area contributed by atoms with Crippen LogP contribution in [-0.2, 0) is 20.3 Å². The number of aromatic nitrogens is 1. The second kappa shape index (κ2) is 12.6. The van der Waals surface area contributed by atoms with Crippen molar-refractivity contribution in [2.24, 2.45) is 0 Å². The average molecular weight is 579 g/mol. The molecule has 0 bridgehead atoms. The number of carbonyl (C=O) groups is 2. The van der Waals surface area contributed by atoms with Crippen molar-refractivity contribution in [3.05, 3.63) is 62.8 Å². The van der Waals surface area contributed by atoms with Gasteiger partial charge in [-0.15, -0.1) is 0 Å². The van der Waals surface area contributed by atoms with Gasteiger partial charge in [-0.1, -0.05) is 12.1 Å². The summed E-state index contributed by atoms with van der Waals surface area (Å²) in [6.45, 7) is 7.46. The molecule has 1 fully saturated rings. The molecule has 4 rings (SSSR count). The molecule has 1 aromatic heterocycles. The molecule has 2 aliphatic heterocycles. The monoisotopic (exact) mass is 578 g/mol. The van der Waals surface area contributed by atoms with E-state index in [0.29, 0.717) is 45.4 Å². The molecule has 218 valence electrons. The maximum absolute atomic E-state index is 14.3. The van der Waals surface area contributed by atoms with Crippen molar-refractivity contribution in [2.45, 2.75) is 45.8 Å². The second-order valence-corrected chi connectivity index (χ2v) is 11.3. The number of likely N-dealkylation sites (N-methyl/N-ethyl adjacent to an activating group) is 1. The lowest BCUT2D eigenvalue weighted by atomic mass is 10.0. The fourth-order valence-corrected chi connectivity index (χ4v) is 6.37. The molecule has 1 unspecified atom stereocenters. The van der Waals surface area contributed by atoms with E-state index in [-0.39, 0.29) is 30.0 Å². The van der Waals surface area contributed by atoms with E-state index in [1.54, 1.807) is 26.1 Å². The van der Waals surface area contributed by atoms with Crippen LogP contribution in [0.3, 0.4) is 0 Å². The van der Waals surface area contributed by atoms with Crippen molar-refractivity contribution in [2.75, 3.05) is 51.2 Å². The van der Waals surface area contributed by atoms with Gasteiger partial charge in [-0.05, 0) is 38.8 Å². The summed E-state index contributed by atoms with van der Waals surface area (Å²) in [5, 5.41) is 15.3.